The zero-order chi connectivity index (χ0) is 21.1. The molecule has 30 heavy (non-hydrogen) atoms. The summed E-state index contributed by atoms with van der Waals surface area (Å²) in [5, 5.41) is 0.672. The highest BCUT2D eigenvalue weighted by Gasteiger charge is 2.33. The molecule has 1 fully saturated rings. The van der Waals surface area contributed by atoms with Crippen LogP contribution in [0.4, 0.5) is 5.69 Å². The minimum Gasteiger partial charge on any atom is -0.489 e. The molecule has 0 bridgehead atoms. The van der Waals surface area contributed by atoms with Crippen molar-refractivity contribution in [1.29, 1.82) is 0 Å². The van der Waals surface area contributed by atoms with Gasteiger partial charge in [0.15, 0.2) is 4.32 Å². The number of carbonyl (C=O) groups is 1. The van der Waals surface area contributed by atoms with E-state index in [-0.39, 0.29) is 5.91 Å². The number of amides is 1. The van der Waals surface area contributed by atoms with Crippen LogP contribution in [0.2, 0.25) is 5.02 Å². The van der Waals surface area contributed by atoms with Crippen molar-refractivity contribution in [1.82, 2.24) is 0 Å². The van der Waals surface area contributed by atoms with Gasteiger partial charge in [0.2, 0.25) is 0 Å². The first kappa shape index (κ1) is 21.1. The number of hydrogen-bond acceptors (Lipinski definition) is 4. The molecular formula is C23H15BrClNO2S2. The Hall–Kier alpha value is -2.12. The van der Waals surface area contributed by atoms with Crippen molar-refractivity contribution in [3.05, 3.63) is 98.3 Å². The summed E-state index contributed by atoms with van der Waals surface area (Å²) in [7, 11) is 0. The van der Waals surface area contributed by atoms with E-state index < -0.39 is 0 Å². The maximum absolute atomic E-state index is 12.9. The number of halogens is 2. The van der Waals surface area contributed by atoms with Crippen LogP contribution < -0.4 is 9.64 Å². The lowest BCUT2D eigenvalue weighted by Gasteiger charge is -2.14. The fraction of sp³-hybridized carbons (Fsp3) is 0.0435. The molecule has 0 atom stereocenters. The van der Waals surface area contributed by atoms with Crippen molar-refractivity contribution < 1.29 is 9.53 Å². The first-order chi connectivity index (χ1) is 14.5. The van der Waals surface area contributed by atoms with Gasteiger partial charge in [-0.15, -0.1) is 0 Å². The Morgan fingerprint density at radius 1 is 1.07 bits per heavy atom. The molecule has 1 amide bonds. The first-order valence-corrected chi connectivity index (χ1v) is 11.4. The molecular weight excluding hydrogens is 502 g/mol. The lowest BCUT2D eigenvalue weighted by Crippen LogP contribution is -2.27. The van der Waals surface area contributed by atoms with E-state index in [2.05, 4.69) is 15.9 Å². The van der Waals surface area contributed by atoms with Crippen LogP contribution in [0.15, 0.2) is 82.2 Å². The van der Waals surface area contributed by atoms with Gasteiger partial charge in [-0.05, 0) is 54.1 Å². The summed E-state index contributed by atoms with van der Waals surface area (Å²) >= 11 is 16.3. The Bertz CT molecular complexity index is 1150. The molecule has 4 rings (SSSR count). The summed E-state index contributed by atoms with van der Waals surface area (Å²) in [4.78, 5) is 15.1. The molecule has 0 aliphatic carbocycles. The molecule has 3 aromatic rings. The second kappa shape index (κ2) is 9.35. The average Bonchev–Trinajstić information content (AvgIpc) is 3.01. The van der Waals surface area contributed by atoms with Gasteiger partial charge in [-0.2, -0.15) is 0 Å². The molecule has 0 aromatic heterocycles. The Labute approximate surface area is 197 Å². The van der Waals surface area contributed by atoms with E-state index in [4.69, 9.17) is 28.6 Å². The van der Waals surface area contributed by atoms with Crippen LogP contribution in [0.25, 0.3) is 6.08 Å². The van der Waals surface area contributed by atoms with Crippen LogP contribution in [0.3, 0.4) is 0 Å². The molecule has 3 nitrogen and oxygen atoms in total. The van der Waals surface area contributed by atoms with Crippen molar-refractivity contribution in [3.8, 4) is 5.75 Å². The van der Waals surface area contributed by atoms with Gasteiger partial charge in [0.1, 0.15) is 12.4 Å². The molecule has 7 heteroatoms. The topological polar surface area (TPSA) is 29.5 Å². The lowest BCUT2D eigenvalue weighted by atomic mass is 10.2. The van der Waals surface area contributed by atoms with Crippen molar-refractivity contribution in [3.63, 3.8) is 0 Å². The Morgan fingerprint density at radius 3 is 2.60 bits per heavy atom. The summed E-state index contributed by atoms with van der Waals surface area (Å²) in [5.41, 5.74) is 2.53. The standard InChI is InChI=1S/C23H15BrClNO2S2/c24-17-8-10-18(11-9-17)26-22(27)21(30-23(26)29)13-15-4-3-6-19(12-15)28-14-16-5-1-2-7-20(16)25/h1-13H,14H2/b21-13+. The predicted octanol–water partition coefficient (Wildman–Crippen LogP) is 7.09. The van der Waals surface area contributed by atoms with Crippen molar-refractivity contribution in [2.45, 2.75) is 6.61 Å². The number of thioether (sulfide) groups is 1. The summed E-state index contributed by atoms with van der Waals surface area (Å²) < 4.78 is 7.34. The molecule has 1 aliphatic heterocycles. The van der Waals surface area contributed by atoms with Gasteiger partial charge in [0.05, 0.1) is 10.6 Å². The summed E-state index contributed by atoms with van der Waals surface area (Å²) in [6.45, 7) is 0.370. The SMILES string of the molecule is O=C1/C(=C\c2cccc(OCc3ccccc3Cl)c2)SC(=S)N1c1ccc(Br)cc1. The Morgan fingerprint density at radius 2 is 1.83 bits per heavy atom. The van der Waals surface area contributed by atoms with E-state index in [0.717, 1.165) is 21.3 Å². The number of rotatable bonds is 5. The second-order valence-corrected chi connectivity index (χ2v) is 9.44. The summed E-state index contributed by atoms with van der Waals surface area (Å²) in [6, 6.07) is 22.7. The summed E-state index contributed by atoms with van der Waals surface area (Å²) in [5.74, 6) is 0.571. The number of hydrogen-bond donors (Lipinski definition) is 0. The molecule has 3 aromatic carbocycles. The average molecular weight is 517 g/mol. The Kier molecular flexibility index (Phi) is 6.58. The second-order valence-electron chi connectivity index (χ2n) is 6.45. The van der Waals surface area contributed by atoms with Gasteiger partial charge < -0.3 is 4.74 Å². The first-order valence-electron chi connectivity index (χ1n) is 9.01. The van der Waals surface area contributed by atoms with E-state index in [1.807, 2.05) is 78.9 Å². The van der Waals surface area contributed by atoms with Crippen molar-refractivity contribution >= 4 is 73.5 Å². The quantitative estimate of drug-likeness (QED) is 0.267. The highest BCUT2D eigenvalue weighted by atomic mass is 79.9. The molecule has 1 aliphatic rings. The Balaban J connectivity index is 1.51. The van der Waals surface area contributed by atoms with Gasteiger partial charge in [0, 0.05) is 15.1 Å². The number of nitrogens with zero attached hydrogens (tertiary/aromatic N) is 1. The van der Waals surface area contributed by atoms with E-state index >= 15 is 0 Å². The molecule has 0 N–H and O–H groups in total. The minimum absolute atomic E-state index is 0.130. The molecule has 1 saturated heterocycles. The maximum Gasteiger partial charge on any atom is 0.270 e. The van der Waals surface area contributed by atoms with E-state index in [0.29, 0.717) is 26.6 Å². The van der Waals surface area contributed by atoms with E-state index in [1.165, 1.54) is 11.8 Å². The number of benzene rings is 3. The normalized spacial score (nSPS) is 15.1. The van der Waals surface area contributed by atoms with Crippen LogP contribution in [-0.2, 0) is 11.4 Å². The third-order valence-corrected chi connectivity index (χ3v) is 6.59. The van der Waals surface area contributed by atoms with Crippen LogP contribution in [-0.4, -0.2) is 10.2 Å². The van der Waals surface area contributed by atoms with Gasteiger partial charge >= 0.3 is 0 Å². The highest BCUT2D eigenvalue weighted by Crippen LogP contribution is 2.36. The van der Waals surface area contributed by atoms with Gasteiger partial charge in [0.25, 0.3) is 5.91 Å². The predicted molar refractivity (Wildman–Crippen MR) is 132 cm³/mol. The smallest absolute Gasteiger partial charge is 0.270 e. The van der Waals surface area contributed by atoms with Crippen LogP contribution in [0.5, 0.6) is 5.75 Å². The zero-order valence-electron chi connectivity index (χ0n) is 15.5. The van der Waals surface area contributed by atoms with Crippen molar-refractivity contribution in [2.24, 2.45) is 0 Å². The molecule has 0 spiro atoms. The molecule has 0 radical (unpaired) electrons. The fourth-order valence-corrected chi connectivity index (χ4v) is 4.66. The monoisotopic (exact) mass is 515 g/mol. The third kappa shape index (κ3) is 4.78. The number of thiocarbonyl (C=S) groups is 1. The lowest BCUT2D eigenvalue weighted by molar-refractivity contribution is -0.113. The highest BCUT2D eigenvalue weighted by molar-refractivity contribution is 9.10. The fourth-order valence-electron chi connectivity index (χ4n) is 2.90. The maximum atomic E-state index is 12.9. The molecule has 0 unspecified atom stereocenters. The third-order valence-electron chi connectivity index (χ3n) is 4.39. The summed E-state index contributed by atoms with van der Waals surface area (Å²) in [6.07, 6.45) is 1.83. The molecule has 1 heterocycles. The minimum atomic E-state index is -0.130. The largest absolute Gasteiger partial charge is 0.489 e. The number of carbonyl (C=O) groups excluding carboxylic acids is 1. The van der Waals surface area contributed by atoms with E-state index in [9.17, 15) is 4.79 Å². The number of ether oxygens (including phenoxy) is 1. The van der Waals surface area contributed by atoms with Crippen LogP contribution in [0, 0.1) is 0 Å². The van der Waals surface area contributed by atoms with Crippen molar-refractivity contribution in [2.75, 3.05) is 4.90 Å². The van der Waals surface area contributed by atoms with Crippen LogP contribution in [0.1, 0.15) is 11.1 Å². The molecule has 150 valence electrons. The van der Waals surface area contributed by atoms with Gasteiger partial charge in [-0.25, -0.2) is 0 Å². The van der Waals surface area contributed by atoms with Gasteiger partial charge in [-0.1, -0.05) is 81.8 Å². The molecule has 0 saturated carbocycles. The van der Waals surface area contributed by atoms with Crippen LogP contribution >= 0.6 is 51.5 Å². The van der Waals surface area contributed by atoms with Gasteiger partial charge in [-0.3, -0.25) is 9.69 Å². The zero-order valence-corrected chi connectivity index (χ0v) is 19.5. The number of anilines is 1. The van der Waals surface area contributed by atoms with E-state index in [1.54, 1.807) is 4.90 Å².